The number of rotatable bonds is 5. The second-order valence-electron chi connectivity index (χ2n) is 7.09. The first-order valence-electron chi connectivity index (χ1n) is 9.95. The summed E-state index contributed by atoms with van der Waals surface area (Å²) >= 11 is 1.49. The number of anilines is 1. The van der Waals surface area contributed by atoms with Crippen molar-refractivity contribution in [1.82, 2.24) is 19.7 Å². The van der Waals surface area contributed by atoms with E-state index in [2.05, 4.69) is 20.4 Å². The summed E-state index contributed by atoms with van der Waals surface area (Å²) in [5, 5.41) is 9.28. The summed E-state index contributed by atoms with van der Waals surface area (Å²) in [6.45, 7) is 0. The molecule has 0 saturated carbocycles. The van der Waals surface area contributed by atoms with Crippen LogP contribution in [0.4, 0.5) is 10.2 Å². The molecule has 5 rings (SSSR count). The molecule has 0 spiro atoms. The van der Waals surface area contributed by atoms with Gasteiger partial charge >= 0.3 is 0 Å². The van der Waals surface area contributed by atoms with Crippen LogP contribution in [0.25, 0.3) is 27.8 Å². The van der Waals surface area contributed by atoms with E-state index in [-0.39, 0.29) is 17.1 Å². The van der Waals surface area contributed by atoms with Crippen molar-refractivity contribution in [3.63, 3.8) is 0 Å². The number of hydrogen-bond acceptors (Lipinski definition) is 5. The lowest BCUT2D eigenvalue weighted by atomic mass is 10.1. The standard InChI is InChI=1S/C24H16FN5O2S/c25-17-10-8-16(9-11-17)23(32)27-21-13-19(20-7-4-12-33-20)29-30(21)24-26-18(14-22(31)28-24)15-5-2-1-3-6-15/h1-14H,(H,27,32)(H,26,28,31). The molecular formula is C24H16FN5O2S. The van der Waals surface area contributed by atoms with Gasteiger partial charge in [-0.3, -0.25) is 14.6 Å². The number of nitrogens with one attached hydrogen (secondary N) is 2. The van der Waals surface area contributed by atoms with Crippen LogP contribution in [0.5, 0.6) is 0 Å². The van der Waals surface area contributed by atoms with Crippen LogP contribution in [0.3, 0.4) is 0 Å². The van der Waals surface area contributed by atoms with E-state index < -0.39 is 11.7 Å². The van der Waals surface area contributed by atoms with Crippen molar-refractivity contribution in [2.45, 2.75) is 0 Å². The predicted octanol–water partition coefficient (Wildman–Crippen LogP) is 4.74. The monoisotopic (exact) mass is 457 g/mol. The number of halogens is 1. The van der Waals surface area contributed by atoms with Gasteiger partial charge < -0.3 is 5.32 Å². The largest absolute Gasteiger partial charge is 0.306 e. The normalized spacial score (nSPS) is 10.8. The minimum Gasteiger partial charge on any atom is -0.306 e. The molecule has 0 aliphatic rings. The Labute approximate surface area is 191 Å². The minimum absolute atomic E-state index is 0.151. The zero-order valence-electron chi connectivity index (χ0n) is 17.0. The van der Waals surface area contributed by atoms with Gasteiger partial charge in [0.05, 0.1) is 10.6 Å². The Hall–Kier alpha value is -4.37. The minimum atomic E-state index is -0.449. The average Bonchev–Trinajstić information content (AvgIpc) is 3.50. The Morgan fingerprint density at radius 1 is 0.970 bits per heavy atom. The highest BCUT2D eigenvalue weighted by Gasteiger charge is 2.17. The molecule has 0 saturated heterocycles. The number of aromatic amines is 1. The second-order valence-corrected chi connectivity index (χ2v) is 8.03. The first-order valence-corrected chi connectivity index (χ1v) is 10.8. The van der Waals surface area contributed by atoms with E-state index in [0.29, 0.717) is 17.2 Å². The number of aromatic nitrogens is 4. The van der Waals surface area contributed by atoms with E-state index in [9.17, 15) is 14.0 Å². The van der Waals surface area contributed by atoms with E-state index in [1.807, 2.05) is 47.8 Å². The lowest BCUT2D eigenvalue weighted by molar-refractivity contribution is 0.102. The van der Waals surface area contributed by atoms with E-state index in [4.69, 9.17) is 0 Å². The summed E-state index contributed by atoms with van der Waals surface area (Å²) in [4.78, 5) is 33.4. The molecule has 0 aliphatic carbocycles. The van der Waals surface area contributed by atoms with E-state index >= 15 is 0 Å². The SMILES string of the molecule is O=C(Nc1cc(-c2cccs2)nn1-c1nc(-c2ccccc2)cc(=O)[nH]1)c1ccc(F)cc1. The van der Waals surface area contributed by atoms with Crippen LogP contribution in [0.1, 0.15) is 10.4 Å². The highest BCUT2D eigenvalue weighted by molar-refractivity contribution is 7.13. The Morgan fingerprint density at radius 2 is 1.76 bits per heavy atom. The van der Waals surface area contributed by atoms with Crippen molar-refractivity contribution in [1.29, 1.82) is 0 Å². The maximum Gasteiger partial charge on any atom is 0.256 e. The maximum atomic E-state index is 13.3. The molecular weight excluding hydrogens is 441 g/mol. The molecule has 7 nitrogen and oxygen atoms in total. The number of benzene rings is 2. The van der Waals surface area contributed by atoms with Crippen molar-refractivity contribution < 1.29 is 9.18 Å². The average molecular weight is 457 g/mol. The summed E-state index contributed by atoms with van der Waals surface area (Å²) in [7, 11) is 0. The molecule has 33 heavy (non-hydrogen) atoms. The first kappa shape index (κ1) is 20.5. The van der Waals surface area contributed by atoms with Crippen molar-refractivity contribution in [3.8, 4) is 27.8 Å². The van der Waals surface area contributed by atoms with E-state index in [1.165, 1.54) is 46.4 Å². The quantitative estimate of drug-likeness (QED) is 0.399. The molecule has 9 heteroatoms. The third-order valence-electron chi connectivity index (χ3n) is 4.83. The molecule has 2 aromatic carbocycles. The van der Waals surface area contributed by atoms with E-state index in [1.54, 1.807) is 6.07 Å². The van der Waals surface area contributed by atoms with E-state index in [0.717, 1.165) is 10.4 Å². The lowest BCUT2D eigenvalue weighted by Gasteiger charge is -2.09. The van der Waals surface area contributed by atoms with Crippen molar-refractivity contribution >= 4 is 23.1 Å². The molecule has 3 aromatic heterocycles. The molecule has 0 aliphatic heterocycles. The molecule has 3 heterocycles. The number of nitrogens with zero attached hydrogens (tertiary/aromatic N) is 3. The fourth-order valence-electron chi connectivity index (χ4n) is 3.27. The molecule has 0 fully saturated rings. The zero-order chi connectivity index (χ0) is 22.8. The molecule has 2 N–H and O–H groups in total. The molecule has 1 amide bonds. The van der Waals surface area contributed by atoms with Gasteiger partial charge in [0, 0.05) is 23.3 Å². The lowest BCUT2D eigenvalue weighted by Crippen LogP contribution is -2.18. The van der Waals surface area contributed by atoms with Gasteiger partial charge in [-0.1, -0.05) is 36.4 Å². The van der Waals surface area contributed by atoms with Gasteiger partial charge in [0.1, 0.15) is 17.3 Å². The van der Waals surface area contributed by atoms with Crippen molar-refractivity contribution in [2.75, 3.05) is 5.32 Å². The summed E-state index contributed by atoms with van der Waals surface area (Å²) in [5.41, 5.74) is 1.77. The van der Waals surface area contributed by atoms with Crippen LogP contribution < -0.4 is 10.9 Å². The van der Waals surface area contributed by atoms with Gasteiger partial charge in [0.15, 0.2) is 0 Å². The third-order valence-corrected chi connectivity index (χ3v) is 5.72. The van der Waals surface area contributed by atoms with Crippen LogP contribution in [-0.2, 0) is 0 Å². The number of amides is 1. The van der Waals surface area contributed by atoms with Crippen molar-refractivity contribution in [3.05, 3.63) is 106 Å². The van der Waals surface area contributed by atoms with Gasteiger partial charge in [-0.15, -0.1) is 11.3 Å². The van der Waals surface area contributed by atoms with Crippen LogP contribution in [0, 0.1) is 5.82 Å². The fraction of sp³-hybridized carbons (Fsp3) is 0. The van der Waals surface area contributed by atoms with Gasteiger partial charge in [0.2, 0.25) is 5.95 Å². The Kier molecular flexibility index (Phi) is 5.37. The molecule has 0 atom stereocenters. The Balaban J connectivity index is 1.59. The van der Waals surface area contributed by atoms with Crippen LogP contribution in [0.15, 0.2) is 89.0 Å². The molecule has 5 aromatic rings. The van der Waals surface area contributed by atoms with Crippen molar-refractivity contribution in [2.24, 2.45) is 0 Å². The number of carbonyl (C=O) groups is 1. The second kappa shape index (κ2) is 8.64. The summed E-state index contributed by atoms with van der Waals surface area (Å²) in [6, 6.07) is 21.4. The van der Waals surface area contributed by atoms with Gasteiger partial charge in [-0.25, -0.2) is 9.37 Å². The summed E-state index contributed by atoms with van der Waals surface area (Å²) < 4.78 is 14.6. The summed E-state index contributed by atoms with van der Waals surface area (Å²) in [5.74, 6) is -0.425. The number of hydrogen-bond donors (Lipinski definition) is 2. The molecule has 0 unspecified atom stereocenters. The Bertz CT molecular complexity index is 1480. The summed E-state index contributed by atoms with van der Waals surface area (Å²) in [6.07, 6.45) is 0. The maximum absolute atomic E-state index is 13.3. The molecule has 0 radical (unpaired) electrons. The smallest absolute Gasteiger partial charge is 0.256 e. The van der Waals surface area contributed by atoms with Crippen LogP contribution in [-0.4, -0.2) is 25.7 Å². The number of H-pyrrole nitrogens is 1. The number of thiophene rings is 1. The predicted molar refractivity (Wildman–Crippen MR) is 125 cm³/mol. The van der Waals surface area contributed by atoms with Gasteiger partial charge in [0.25, 0.3) is 11.5 Å². The van der Waals surface area contributed by atoms with Crippen LogP contribution >= 0.6 is 11.3 Å². The Morgan fingerprint density at radius 3 is 2.48 bits per heavy atom. The molecule has 0 bridgehead atoms. The third kappa shape index (κ3) is 4.35. The fourth-order valence-corrected chi connectivity index (χ4v) is 3.95. The van der Waals surface area contributed by atoms with Gasteiger partial charge in [-0.05, 0) is 35.7 Å². The van der Waals surface area contributed by atoms with Gasteiger partial charge in [-0.2, -0.15) is 9.78 Å². The zero-order valence-corrected chi connectivity index (χ0v) is 17.8. The highest BCUT2D eigenvalue weighted by Crippen LogP contribution is 2.28. The first-order chi connectivity index (χ1) is 16.1. The highest BCUT2D eigenvalue weighted by atomic mass is 32.1. The number of carbonyl (C=O) groups excluding carboxylic acids is 1. The topological polar surface area (TPSA) is 92.7 Å². The van der Waals surface area contributed by atoms with Crippen LogP contribution in [0.2, 0.25) is 0 Å². The molecule has 162 valence electrons.